The van der Waals surface area contributed by atoms with E-state index in [1.54, 1.807) is 0 Å². The molecule has 0 aromatic heterocycles. The Labute approximate surface area is 109 Å². The highest BCUT2D eigenvalue weighted by molar-refractivity contribution is 4.89. The van der Waals surface area contributed by atoms with Crippen molar-refractivity contribution in [3.8, 4) is 0 Å². The monoisotopic (exact) mass is 243 g/mol. The fourth-order valence-corrected chi connectivity index (χ4v) is 2.59. The molecule has 0 radical (unpaired) electrons. The van der Waals surface area contributed by atoms with Gasteiger partial charge in [0, 0.05) is 13.2 Å². The van der Waals surface area contributed by atoms with Gasteiger partial charge < -0.3 is 10.1 Å². The van der Waals surface area contributed by atoms with E-state index in [1.165, 1.54) is 19.3 Å². The molecule has 0 saturated carbocycles. The summed E-state index contributed by atoms with van der Waals surface area (Å²) in [5.41, 5.74) is 0.183. The molecule has 0 spiro atoms. The van der Waals surface area contributed by atoms with Crippen molar-refractivity contribution in [1.82, 2.24) is 5.32 Å². The quantitative estimate of drug-likeness (QED) is 0.699. The highest BCUT2D eigenvalue weighted by Crippen LogP contribution is 2.29. The van der Waals surface area contributed by atoms with Crippen LogP contribution in [0.3, 0.4) is 0 Å². The minimum atomic E-state index is 0.183. The molecular formula is C15H33NO. The summed E-state index contributed by atoms with van der Waals surface area (Å²) >= 11 is 0. The first-order valence-electron chi connectivity index (χ1n) is 7.14. The summed E-state index contributed by atoms with van der Waals surface area (Å²) in [5, 5.41) is 3.69. The molecule has 17 heavy (non-hydrogen) atoms. The smallest absolute Gasteiger partial charge is 0.0774 e. The van der Waals surface area contributed by atoms with Gasteiger partial charge in [-0.05, 0) is 30.7 Å². The lowest BCUT2D eigenvalue weighted by Crippen LogP contribution is -2.51. The Morgan fingerprint density at radius 3 is 2.06 bits per heavy atom. The van der Waals surface area contributed by atoms with Crippen LogP contribution in [0.2, 0.25) is 0 Å². The van der Waals surface area contributed by atoms with Crippen LogP contribution in [-0.2, 0) is 4.74 Å². The van der Waals surface area contributed by atoms with Crippen molar-refractivity contribution >= 4 is 0 Å². The van der Waals surface area contributed by atoms with Crippen LogP contribution in [0, 0.1) is 11.3 Å². The molecule has 3 atom stereocenters. The van der Waals surface area contributed by atoms with Crippen LogP contribution in [0.15, 0.2) is 0 Å². The van der Waals surface area contributed by atoms with Gasteiger partial charge in [0.15, 0.2) is 0 Å². The summed E-state index contributed by atoms with van der Waals surface area (Å²) in [4.78, 5) is 0. The second-order valence-electron chi connectivity index (χ2n) is 6.27. The van der Waals surface area contributed by atoms with Crippen LogP contribution in [0.5, 0.6) is 0 Å². The normalized spacial score (nSPS) is 17.8. The molecule has 0 aromatic rings. The summed E-state index contributed by atoms with van der Waals surface area (Å²) in [7, 11) is 1.84. The first kappa shape index (κ1) is 16.9. The molecule has 3 unspecified atom stereocenters. The van der Waals surface area contributed by atoms with E-state index < -0.39 is 0 Å². The van der Waals surface area contributed by atoms with E-state index in [1.807, 2.05) is 7.11 Å². The van der Waals surface area contributed by atoms with E-state index in [0.717, 1.165) is 6.54 Å². The lowest BCUT2D eigenvalue weighted by molar-refractivity contribution is -0.0254. The SMILES string of the molecule is CCCNC(C(C)CCC)C(OC)C(C)(C)C. The van der Waals surface area contributed by atoms with Gasteiger partial charge in [0.25, 0.3) is 0 Å². The van der Waals surface area contributed by atoms with Crippen LogP contribution >= 0.6 is 0 Å². The third kappa shape index (κ3) is 5.87. The molecule has 0 aromatic carbocycles. The van der Waals surface area contributed by atoms with Crippen molar-refractivity contribution in [1.29, 1.82) is 0 Å². The predicted octanol–water partition coefficient (Wildman–Crippen LogP) is 3.85. The van der Waals surface area contributed by atoms with Crippen molar-refractivity contribution in [3.05, 3.63) is 0 Å². The predicted molar refractivity (Wildman–Crippen MR) is 76.4 cm³/mol. The lowest BCUT2D eigenvalue weighted by atomic mass is 9.79. The van der Waals surface area contributed by atoms with Crippen LogP contribution in [0.4, 0.5) is 0 Å². The van der Waals surface area contributed by atoms with Crippen LogP contribution in [-0.4, -0.2) is 25.8 Å². The van der Waals surface area contributed by atoms with Crippen molar-refractivity contribution in [2.24, 2.45) is 11.3 Å². The van der Waals surface area contributed by atoms with Crippen LogP contribution in [0.25, 0.3) is 0 Å². The summed E-state index contributed by atoms with van der Waals surface area (Å²) in [6, 6.07) is 0.458. The Kier molecular flexibility index (Phi) is 8.06. The maximum atomic E-state index is 5.78. The van der Waals surface area contributed by atoms with Gasteiger partial charge >= 0.3 is 0 Å². The highest BCUT2D eigenvalue weighted by Gasteiger charge is 2.34. The van der Waals surface area contributed by atoms with Gasteiger partial charge in [-0.3, -0.25) is 0 Å². The summed E-state index contributed by atoms with van der Waals surface area (Å²) in [5.74, 6) is 0.663. The number of ether oxygens (including phenoxy) is 1. The van der Waals surface area contributed by atoms with E-state index in [2.05, 4.69) is 46.9 Å². The summed E-state index contributed by atoms with van der Waals surface area (Å²) in [6.45, 7) is 14.7. The number of rotatable bonds is 8. The van der Waals surface area contributed by atoms with E-state index in [4.69, 9.17) is 4.74 Å². The van der Waals surface area contributed by atoms with Gasteiger partial charge in [-0.2, -0.15) is 0 Å². The Bertz CT molecular complexity index is 186. The molecular weight excluding hydrogens is 210 g/mol. The maximum absolute atomic E-state index is 5.78. The number of nitrogens with one attached hydrogen (secondary N) is 1. The first-order valence-corrected chi connectivity index (χ1v) is 7.14. The molecule has 104 valence electrons. The number of hydrogen-bond acceptors (Lipinski definition) is 2. The molecule has 0 heterocycles. The van der Waals surface area contributed by atoms with Gasteiger partial charge in [-0.15, -0.1) is 0 Å². The molecule has 0 bridgehead atoms. The fourth-order valence-electron chi connectivity index (χ4n) is 2.59. The average Bonchev–Trinajstić information content (AvgIpc) is 2.22. The average molecular weight is 243 g/mol. The molecule has 0 saturated heterocycles. The molecule has 1 N–H and O–H groups in total. The van der Waals surface area contributed by atoms with E-state index in [-0.39, 0.29) is 11.5 Å². The van der Waals surface area contributed by atoms with Gasteiger partial charge in [-0.25, -0.2) is 0 Å². The molecule has 0 fully saturated rings. The second-order valence-corrected chi connectivity index (χ2v) is 6.27. The Hall–Kier alpha value is -0.0800. The number of methoxy groups -OCH3 is 1. The Morgan fingerprint density at radius 1 is 1.12 bits per heavy atom. The molecule has 0 aliphatic heterocycles. The molecule has 0 rings (SSSR count). The molecule has 2 heteroatoms. The third-order valence-electron chi connectivity index (χ3n) is 3.42. The minimum Gasteiger partial charge on any atom is -0.379 e. The van der Waals surface area contributed by atoms with Gasteiger partial charge in [0.2, 0.25) is 0 Å². The summed E-state index contributed by atoms with van der Waals surface area (Å²) in [6.07, 6.45) is 3.95. The lowest BCUT2D eigenvalue weighted by Gasteiger charge is -2.39. The molecule has 0 amide bonds. The Balaban J connectivity index is 4.73. The van der Waals surface area contributed by atoms with Gasteiger partial charge in [0.1, 0.15) is 0 Å². The van der Waals surface area contributed by atoms with Crippen molar-refractivity contribution in [2.75, 3.05) is 13.7 Å². The van der Waals surface area contributed by atoms with Crippen molar-refractivity contribution in [3.63, 3.8) is 0 Å². The van der Waals surface area contributed by atoms with E-state index >= 15 is 0 Å². The van der Waals surface area contributed by atoms with Crippen LogP contribution < -0.4 is 5.32 Å². The van der Waals surface area contributed by atoms with E-state index in [0.29, 0.717) is 12.0 Å². The third-order valence-corrected chi connectivity index (χ3v) is 3.42. The molecule has 2 nitrogen and oxygen atoms in total. The highest BCUT2D eigenvalue weighted by atomic mass is 16.5. The standard InChI is InChI=1S/C15H33NO/c1-8-10-12(3)13(16-11-9-2)14(17-7)15(4,5)6/h12-14,16H,8-11H2,1-7H3. The van der Waals surface area contributed by atoms with Crippen molar-refractivity contribution < 1.29 is 4.74 Å². The zero-order chi connectivity index (χ0) is 13.5. The van der Waals surface area contributed by atoms with Gasteiger partial charge in [-0.1, -0.05) is 48.0 Å². The van der Waals surface area contributed by atoms with Gasteiger partial charge in [0.05, 0.1) is 6.10 Å². The van der Waals surface area contributed by atoms with Crippen molar-refractivity contribution in [2.45, 2.75) is 73.0 Å². The second kappa shape index (κ2) is 8.10. The minimum absolute atomic E-state index is 0.183. The molecule has 0 aliphatic carbocycles. The topological polar surface area (TPSA) is 21.3 Å². The van der Waals surface area contributed by atoms with Crippen LogP contribution in [0.1, 0.15) is 60.8 Å². The first-order chi connectivity index (χ1) is 7.88. The molecule has 0 aliphatic rings. The Morgan fingerprint density at radius 2 is 1.71 bits per heavy atom. The maximum Gasteiger partial charge on any atom is 0.0774 e. The summed E-state index contributed by atoms with van der Waals surface area (Å²) < 4.78 is 5.78. The fraction of sp³-hybridized carbons (Fsp3) is 1.00. The largest absolute Gasteiger partial charge is 0.379 e. The zero-order valence-electron chi connectivity index (χ0n) is 13.0. The van der Waals surface area contributed by atoms with E-state index in [9.17, 15) is 0 Å². The number of hydrogen-bond donors (Lipinski definition) is 1. The zero-order valence-corrected chi connectivity index (χ0v) is 13.0.